The van der Waals surface area contributed by atoms with E-state index in [1.54, 1.807) is 7.11 Å². The minimum atomic E-state index is 0.655. The molecule has 0 unspecified atom stereocenters. The lowest BCUT2D eigenvalue weighted by atomic mass is 10.1. The quantitative estimate of drug-likeness (QED) is 0.776. The summed E-state index contributed by atoms with van der Waals surface area (Å²) in [6.45, 7) is 1.98. The Bertz CT molecular complexity index is 482. The van der Waals surface area contributed by atoms with Gasteiger partial charge >= 0.3 is 0 Å². The van der Waals surface area contributed by atoms with Gasteiger partial charge in [0.2, 0.25) is 5.88 Å². The molecule has 0 radical (unpaired) electrons. The van der Waals surface area contributed by atoms with Crippen molar-refractivity contribution in [3.63, 3.8) is 0 Å². The van der Waals surface area contributed by atoms with Crippen LogP contribution < -0.4 is 4.74 Å². The fraction of sp³-hybridized carbons (Fsp3) is 0.182. The van der Waals surface area contributed by atoms with Crippen LogP contribution in [0.25, 0.3) is 10.8 Å². The topological polar surface area (TPSA) is 22.1 Å². The molecule has 0 aliphatic rings. The van der Waals surface area contributed by atoms with Crippen molar-refractivity contribution in [1.29, 1.82) is 0 Å². The number of pyridine rings is 1. The molecule has 1 heterocycles. The van der Waals surface area contributed by atoms with Crippen molar-refractivity contribution >= 4 is 26.7 Å². The minimum absolute atomic E-state index is 0.655. The van der Waals surface area contributed by atoms with Gasteiger partial charge in [0.15, 0.2) is 0 Å². The maximum absolute atomic E-state index is 5.13. The van der Waals surface area contributed by atoms with Crippen LogP contribution in [0.4, 0.5) is 0 Å². The lowest BCUT2D eigenvalue weighted by Crippen LogP contribution is -1.91. The maximum Gasteiger partial charge on any atom is 0.213 e. The molecule has 14 heavy (non-hydrogen) atoms. The van der Waals surface area contributed by atoms with Gasteiger partial charge in [0.1, 0.15) is 0 Å². The van der Waals surface area contributed by atoms with Gasteiger partial charge in [-0.25, -0.2) is 4.98 Å². The average Bonchev–Trinajstić information content (AvgIpc) is 2.19. The molecular weight excluding hydrogens is 242 g/mol. The van der Waals surface area contributed by atoms with E-state index in [1.165, 1.54) is 0 Å². The largest absolute Gasteiger partial charge is 0.481 e. The summed E-state index contributed by atoms with van der Waals surface area (Å²) in [7, 11) is 1.63. The zero-order chi connectivity index (χ0) is 10.1. The van der Waals surface area contributed by atoms with Crippen molar-refractivity contribution in [3.8, 4) is 5.88 Å². The zero-order valence-electron chi connectivity index (χ0n) is 8.04. The Morgan fingerprint density at radius 2 is 2.07 bits per heavy atom. The number of nitrogens with zero attached hydrogens (tertiary/aromatic N) is 1. The van der Waals surface area contributed by atoms with Gasteiger partial charge in [0, 0.05) is 27.0 Å². The molecule has 0 aliphatic heterocycles. The number of rotatable bonds is 1. The predicted octanol–water partition coefficient (Wildman–Crippen LogP) is 3.31. The highest BCUT2D eigenvalue weighted by molar-refractivity contribution is 9.10. The van der Waals surface area contributed by atoms with Crippen LogP contribution in [0, 0.1) is 6.92 Å². The number of ether oxygens (including phenoxy) is 1. The highest BCUT2D eigenvalue weighted by Gasteiger charge is 2.04. The van der Waals surface area contributed by atoms with Crippen LogP contribution in [0.15, 0.2) is 28.7 Å². The third-order valence-electron chi connectivity index (χ3n) is 2.20. The van der Waals surface area contributed by atoms with E-state index in [1.807, 2.05) is 25.1 Å². The van der Waals surface area contributed by atoms with Crippen LogP contribution in [0.2, 0.25) is 0 Å². The molecule has 0 atom stereocenters. The number of halogens is 1. The van der Waals surface area contributed by atoms with Gasteiger partial charge in [0.05, 0.1) is 7.11 Å². The highest BCUT2D eigenvalue weighted by atomic mass is 79.9. The van der Waals surface area contributed by atoms with Crippen molar-refractivity contribution in [3.05, 3.63) is 34.4 Å². The fourth-order valence-corrected chi connectivity index (χ4v) is 1.97. The maximum atomic E-state index is 5.13. The molecule has 0 fully saturated rings. The summed E-state index contributed by atoms with van der Waals surface area (Å²) >= 11 is 3.51. The smallest absolute Gasteiger partial charge is 0.213 e. The number of aryl methyl sites for hydroxylation is 1. The van der Waals surface area contributed by atoms with E-state index in [0.29, 0.717) is 5.88 Å². The second-order valence-corrected chi connectivity index (χ2v) is 3.94. The summed E-state index contributed by atoms with van der Waals surface area (Å²) < 4.78 is 6.19. The van der Waals surface area contributed by atoms with Gasteiger partial charge in [0.25, 0.3) is 0 Å². The molecule has 1 aromatic carbocycles. The molecule has 1 aromatic heterocycles. The normalized spacial score (nSPS) is 10.5. The van der Waals surface area contributed by atoms with Crippen LogP contribution in [-0.4, -0.2) is 12.1 Å². The molecule has 0 bridgehead atoms. The molecular formula is C11H10BrNO. The van der Waals surface area contributed by atoms with Crippen molar-refractivity contribution in [2.45, 2.75) is 6.92 Å². The van der Waals surface area contributed by atoms with E-state index in [4.69, 9.17) is 4.74 Å². The number of hydrogen-bond donors (Lipinski definition) is 0. The SMILES string of the molecule is COc1cc2c(Br)cccc2c(C)n1. The lowest BCUT2D eigenvalue weighted by Gasteiger charge is -2.06. The second kappa shape index (κ2) is 3.58. The van der Waals surface area contributed by atoms with Crippen molar-refractivity contribution < 1.29 is 4.74 Å². The summed E-state index contributed by atoms with van der Waals surface area (Å²) in [4.78, 5) is 4.32. The third kappa shape index (κ3) is 1.48. The van der Waals surface area contributed by atoms with E-state index in [0.717, 1.165) is 20.9 Å². The van der Waals surface area contributed by atoms with Crippen LogP contribution in [-0.2, 0) is 0 Å². The zero-order valence-corrected chi connectivity index (χ0v) is 9.63. The highest BCUT2D eigenvalue weighted by Crippen LogP contribution is 2.28. The average molecular weight is 252 g/mol. The molecule has 72 valence electrons. The van der Waals surface area contributed by atoms with Crippen LogP contribution in [0.3, 0.4) is 0 Å². The lowest BCUT2D eigenvalue weighted by molar-refractivity contribution is 0.398. The van der Waals surface area contributed by atoms with E-state index in [-0.39, 0.29) is 0 Å². The Morgan fingerprint density at radius 3 is 2.79 bits per heavy atom. The number of aromatic nitrogens is 1. The number of methoxy groups -OCH3 is 1. The molecule has 3 heteroatoms. The van der Waals surface area contributed by atoms with Crippen LogP contribution >= 0.6 is 15.9 Å². The summed E-state index contributed by atoms with van der Waals surface area (Å²) in [5, 5.41) is 2.29. The van der Waals surface area contributed by atoms with Crippen LogP contribution in [0.5, 0.6) is 5.88 Å². The number of benzene rings is 1. The van der Waals surface area contributed by atoms with Crippen molar-refractivity contribution in [2.24, 2.45) is 0 Å². The molecule has 0 saturated carbocycles. The first kappa shape index (κ1) is 9.46. The molecule has 0 amide bonds. The summed E-state index contributed by atoms with van der Waals surface area (Å²) in [6.07, 6.45) is 0. The molecule has 0 N–H and O–H groups in total. The Morgan fingerprint density at radius 1 is 1.29 bits per heavy atom. The molecule has 0 spiro atoms. The van der Waals surface area contributed by atoms with E-state index >= 15 is 0 Å². The number of fused-ring (bicyclic) bond motifs is 1. The molecule has 0 saturated heterocycles. The van der Waals surface area contributed by atoms with E-state index in [9.17, 15) is 0 Å². The van der Waals surface area contributed by atoms with Gasteiger partial charge in [-0.1, -0.05) is 28.1 Å². The van der Waals surface area contributed by atoms with Gasteiger partial charge in [-0.2, -0.15) is 0 Å². The Balaban J connectivity index is 2.83. The predicted molar refractivity (Wildman–Crippen MR) is 60.7 cm³/mol. The Hall–Kier alpha value is -1.09. The van der Waals surface area contributed by atoms with E-state index in [2.05, 4.69) is 27.0 Å². The van der Waals surface area contributed by atoms with Crippen LogP contribution in [0.1, 0.15) is 5.69 Å². The molecule has 2 aromatic rings. The first-order valence-corrected chi connectivity index (χ1v) is 5.11. The Kier molecular flexibility index (Phi) is 2.42. The first-order valence-electron chi connectivity index (χ1n) is 4.32. The molecule has 2 rings (SSSR count). The number of hydrogen-bond acceptors (Lipinski definition) is 2. The summed E-state index contributed by atoms with van der Waals surface area (Å²) in [5.74, 6) is 0.655. The van der Waals surface area contributed by atoms with Gasteiger partial charge in [-0.15, -0.1) is 0 Å². The Labute approximate surface area is 91.0 Å². The molecule has 2 nitrogen and oxygen atoms in total. The first-order chi connectivity index (χ1) is 6.72. The standard InChI is InChI=1S/C11H10BrNO/c1-7-8-4-3-5-10(12)9(8)6-11(13-7)14-2/h3-6H,1-2H3. The fourth-order valence-electron chi connectivity index (χ4n) is 1.49. The van der Waals surface area contributed by atoms with Gasteiger partial charge in [-0.05, 0) is 13.0 Å². The summed E-state index contributed by atoms with van der Waals surface area (Å²) in [5.41, 5.74) is 0.987. The van der Waals surface area contributed by atoms with Crippen molar-refractivity contribution in [2.75, 3.05) is 7.11 Å². The van der Waals surface area contributed by atoms with Crippen molar-refractivity contribution in [1.82, 2.24) is 4.98 Å². The third-order valence-corrected chi connectivity index (χ3v) is 2.89. The second-order valence-electron chi connectivity index (χ2n) is 3.08. The van der Waals surface area contributed by atoms with Gasteiger partial charge in [-0.3, -0.25) is 0 Å². The van der Waals surface area contributed by atoms with E-state index < -0.39 is 0 Å². The van der Waals surface area contributed by atoms with Gasteiger partial charge < -0.3 is 4.74 Å². The summed E-state index contributed by atoms with van der Waals surface area (Å²) in [6, 6.07) is 8.02. The molecule has 0 aliphatic carbocycles. The minimum Gasteiger partial charge on any atom is -0.481 e. The monoisotopic (exact) mass is 251 g/mol.